The third-order valence-electron chi connectivity index (χ3n) is 2.63. The van der Waals surface area contributed by atoms with Crippen molar-refractivity contribution in [3.05, 3.63) is 33.2 Å². The molecule has 0 spiro atoms. The predicted octanol–water partition coefficient (Wildman–Crippen LogP) is 2.92. The molecule has 0 unspecified atom stereocenters. The Hall–Kier alpha value is -1.07. The summed E-state index contributed by atoms with van der Waals surface area (Å²) in [6, 6.07) is 5.86. The summed E-state index contributed by atoms with van der Waals surface area (Å²) < 4.78 is 3.06. The number of carbonyl (C=O) groups excluding carboxylic acids is 1. The molecule has 1 amide bonds. The standard InChI is InChI=1S/C11H11BrN2OS/c1-6-7(11(13)15)5-8(14(6)2)9-3-4-10(12)16-9/h3-5H,1-2H3,(H2,13,15). The highest BCUT2D eigenvalue weighted by molar-refractivity contribution is 9.11. The van der Waals surface area contributed by atoms with Crippen LogP contribution in [-0.4, -0.2) is 10.5 Å². The molecule has 0 aliphatic carbocycles. The molecular weight excluding hydrogens is 288 g/mol. The minimum Gasteiger partial charge on any atom is -0.366 e. The van der Waals surface area contributed by atoms with E-state index in [2.05, 4.69) is 15.9 Å². The Labute approximate surface area is 106 Å². The van der Waals surface area contributed by atoms with Crippen LogP contribution in [0.2, 0.25) is 0 Å². The summed E-state index contributed by atoms with van der Waals surface area (Å²) in [6.07, 6.45) is 0. The maximum atomic E-state index is 11.2. The van der Waals surface area contributed by atoms with Crippen LogP contribution in [-0.2, 0) is 7.05 Å². The van der Waals surface area contributed by atoms with Crippen LogP contribution in [0.3, 0.4) is 0 Å². The Balaban J connectivity index is 2.58. The summed E-state index contributed by atoms with van der Waals surface area (Å²) in [5, 5.41) is 0. The van der Waals surface area contributed by atoms with E-state index in [4.69, 9.17) is 5.73 Å². The molecule has 84 valence electrons. The Kier molecular flexibility index (Phi) is 2.90. The number of rotatable bonds is 2. The molecule has 5 heteroatoms. The summed E-state index contributed by atoms with van der Waals surface area (Å²) in [4.78, 5) is 12.3. The van der Waals surface area contributed by atoms with Crippen molar-refractivity contribution in [2.45, 2.75) is 6.92 Å². The highest BCUT2D eigenvalue weighted by Gasteiger charge is 2.15. The van der Waals surface area contributed by atoms with Crippen molar-refractivity contribution in [3.8, 4) is 10.6 Å². The van der Waals surface area contributed by atoms with Gasteiger partial charge < -0.3 is 10.3 Å². The van der Waals surface area contributed by atoms with Gasteiger partial charge in [-0.2, -0.15) is 0 Å². The largest absolute Gasteiger partial charge is 0.366 e. The number of primary amides is 1. The molecule has 0 atom stereocenters. The lowest BCUT2D eigenvalue weighted by Crippen LogP contribution is -2.11. The first-order valence-corrected chi connectivity index (χ1v) is 6.33. The minimum atomic E-state index is -0.380. The SMILES string of the molecule is Cc1c(C(N)=O)cc(-c2ccc(Br)s2)n1C. The molecule has 2 aromatic rings. The molecule has 2 rings (SSSR count). The van der Waals surface area contributed by atoms with Crippen molar-refractivity contribution in [2.75, 3.05) is 0 Å². The second-order valence-corrected chi connectivity index (χ2v) is 6.02. The molecule has 2 aromatic heterocycles. The Morgan fingerprint density at radius 3 is 2.62 bits per heavy atom. The predicted molar refractivity (Wildman–Crippen MR) is 69.7 cm³/mol. The first-order chi connectivity index (χ1) is 7.50. The summed E-state index contributed by atoms with van der Waals surface area (Å²) in [5.41, 5.74) is 7.82. The van der Waals surface area contributed by atoms with Crippen LogP contribution < -0.4 is 5.73 Å². The Bertz CT molecular complexity index is 556. The van der Waals surface area contributed by atoms with Crippen LogP contribution >= 0.6 is 27.3 Å². The van der Waals surface area contributed by atoms with Crippen molar-refractivity contribution in [1.29, 1.82) is 0 Å². The van der Waals surface area contributed by atoms with Gasteiger partial charge in [-0.05, 0) is 41.1 Å². The maximum absolute atomic E-state index is 11.2. The number of hydrogen-bond acceptors (Lipinski definition) is 2. The van der Waals surface area contributed by atoms with Crippen LogP contribution in [0.25, 0.3) is 10.6 Å². The quantitative estimate of drug-likeness (QED) is 0.910. The maximum Gasteiger partial charge on any atom is 0.250 e. The summed E-state index contributed by atoms with van der Waals surface area (Å²) in [6.45, 7) is 1.90. The lowest BCUT2D eigenvalue weighted by atomic mass is 10.2. The van der Waals surface area contributed by atoms with Crippen molar-refractivity contribution in [1.82, 2.24) is 4.57 Å². The van der Waals surface area contributed by atoms with E-state index in [1.54, 1.807) is 11.3 Å². The second kappa shape index (κ2) is 4.07. The van der Waals surface area contributed by atoms with E-state index in [1.165, 1.54) is 0 Å². The number of amides is 1. The van der Waals surface area contributed by atoms with Gasteiger partial charge in [-0.3, -0.25) is 4.79 Å². The first-order valence-electron chi connectivity index (χ1n) is 4.72. The molecule has 3 nitrogen and oxygen atoms in total. The third-order valence-corrected chi connectivity index (χ3v) is 4.27. The molecule has 0 aliphatic rings. The molecule has 0 bridgehead atoms. The van der Waals surface area contributed by atoms with Gasteiger partial charge in [0.05, 0.1) is 19.9 Å². The lowest BCUT2D eigenvalue weighted by molar-refractivity contribution is 0.0999. The minimum absolute atomic E-state index is 0.380. The monoisotopic (exact) mass is 298 g/mol. The van der Waals surface area contributed by atoms with Gasteiger partial charge in [-0.15, -0.1) is 11.3 Å². The number of aromatic nitrogens is 1. The number of halogens is 1. The second-order valence-electron chi connectivity index (χ2n) is 3.56. The van der Waals surface area contributed by atoms with E-state index < -0.39 is 0 Å². The molecule has 0 fully saturated rings. The molecule has 0 saturated heterocycles. The smallest absolute Gasteiger partial charge is 0.250 e. The summed E-state index contributed by atoms with van der Waals surface area (Å²) in [5.74, 6) is -0.380. The van der Waals surface area contributed by atoms with Gasteiger partial charge in [0, 0.05) is 12.7 Å². The average molecular weight is 299 g/mol. The van der Waals surface area contributed by atoms with E-state index in [0.29, 0.717) is 5.56 Å². The van der Waals surface area contributed by atoms with E-state index >= 15 is 0 Å². The number of nitrogens with two attached hydrogens (primary N) is 1. The zero-order valence-corrected chi connectivity index (χ0v) is 11.4. The van der Waals surface area contributed by atoms with Crippen molar-refractivity contribution in [2.24, 2.45) is 12.8 Å². The number of carbonyl (C=O) groups is 1. The van der Waals surface area contributed by atoms with E-state index in [9.17, 15) is 4.79 Å². The van der Waals surface area contributed by atoms with Gasteiger partial charge in [-0.1, -0.05) is 0 Å². The number of hydrogen-bond donors (Lipinski definition) is 1. The van der Waals surface area contributed by atoms with Crippen LogP contribution in [0.1, 0.15) is 16.1 Å². The molecular formula is C11H11BrN2OS. The molecule has 0 radical (unpaired) electrons. The van der Waals surface area contributed by atoms with Crippen LogP contribution in [0.15, 0.2) is 22.0 Å². The lowest BCUT2D eigenvalue weighted by Gasteiger charge is -2.02. The van der Waals surface area contributed by atoms with Crippen LogP contribution in [0.4, 0.5) is 0 Å². The van der Waals surface area contributed by atoms with Gasteiger partial charge in [-0.25, -0.2) is 0 Å². The molecule has 0 saturated carbocycles. The highest BCUT2D eigenvalue weighted by atomic mass is 79.9. The molecule has 0 aromatic carbocycles. The molecule has 2 heterocycles. The van der Waals surface area contributed by atoms with E-state index in [-0.39, 0.29) is 5.91 Å². The van der Waals surface area contributed by atoms with Crippen molar-refractivity contribution in [3.63, 3.8) is 0 Å². The van der Waals surface area contributed by atoms with Crippen LogP contribution in [0, 0.1) is 6.92 Å². The Morgan fingerprint density at radius 2 is 2.19 bits per heavy atom. The van der Waals surface area contributed by atoms with Crippen LogP contribution in [0.5, 0.6) is 0 Å². The highest BCUT2D eigenvalue weighted by Crippen LogP contribution is 2.33. The fourth-order valence-corrected chi connectivity index (χ4v) is 3.08. The Morgan fingerprint density at radius 1 is 1.50 bits per heavy atom. The third kappa shape index (κ3) is 1.81. The zero-order chi connectivity index (χ0) is 11.9. The van der Waals surface area contributed by atoms with Gasteiger partial charge >= 0.3 is 0 Å². The van der Waals surface area contributed by atoms with E-state index in [0.717, 1.165) is 20.1 Å². The molecule has 2 N–H and O–H groups in total. The van der Waals surface area contributed by atoms with E-state index in [1.807, 2.05) is 36.7 Å². The summed E-state index contributed by atoms with van der Waals surface area (Å²) in [7, 11) is 1.94. The van der Waals surface area contributed by atoms with Crippen molar-refractivity contribution < 1.29 is 4.79 Å². The van der Waals surface area contributed by atoms with Gasteiger partial charge in [0.15, 0.2) is 0 Å². The topological polar surface area (TPSA) is 48.0 Å². The fourth-order valence-electron chi connectivity index (χ4n) is 1.64. The summed E-state index contributed by atoms with van der Waals surface area (Å²) >= 11 is 5.06. The molecule has 0 aliphatic heterocycles. The molecule has 16 heavy (non-hydrogen) atoms. The van der Waals surface area contributed by atoms with Gasteiger partial charge in [0.1, 0.15) is 0 Å². The normalized spacial score (nSPS) is 10.7. The number of thiophene rings is 1. The first kappa shape index (κ1) is 11.4. The van der Waals surface area contributed by atoms with Crippen molar-refractivity contribution >= 4 is 33.2 Å². The van der Waals surface area contributed by atoms with Gasteiger partial charge in [0.25, 0.3) is 5.91 Å². The average Bonchev–Trinajstić information content (AvgIpc) is 2.74. The number of nitrogens with zero attached hydrogens (tertiary/aromatic N) is 1. The fraction of sp³-hybridized carbons (Fsp3) is 0.182. The zero-order valence-electron chi connectivity index (χ0n) is 8.95. The van der Waals surface area contributed by atoms with Gasteiger partial charge in [0.2, 0.25) is 0 Å².